The molecule has 94 valence electrons. The smallest absolute Gasteiger partial charge is 0.348 e. The van der Waals surface area contributed by atoms with Crippen LogP contribution in [0.2, 0.25) is 0 Å². The highest BCUT2D eigenvalue weighted by Crippen LogP contribution is 2.43. The molecule has 1 aliphatic heterocycles. The predicted octanol–water partition coefficient (Wildman–Crippen LogP) is 2.35. The van der Waals surface area contributed by atoms with Crippen LogP contribution in [0, 0.1) is 11.3 Å². The first-order valence-corrected chi connectivity index (χ1v) is 5.74. The van der Waals surface area contributed by atoms with Gasteiger partial charge in [-0.2, -0.15) is 5.26 Å². The molecule has 0 aromatic carbocycles. The lowest BCUT2D eigenvalue weighted by Gasteiger charge is -2.24. The molecule has 1 saturated heterocycles. The van der Waals surface area contributed by atoms with Gasteiger partial charge in [0.05, 0.1) is 17.8 Å². The van der Waals surface area contributed by atoms with E-state index in [2.05, 4.69) is 0 Å². The number of nitrogens with zero attached hydrogens (tertiary/aromatic N) is 1. The summed E-state index contributed by atoms with van der Waals surface area (Å²) in [5, 5.41) is 9.12. The second-order valence-electron chi connectivity index (χ2n) is 5.23. The van der Waals surface area contributed by atoms with E-state index < -0.39 is 11.6 Å². The first-order chi connectivity index (χ1) is 7.73. The van der Waals surface area contributed by atoms with Gasteiger partial charge in [-0.1, -0.05) is 0 Å². The van der Waals surface area contributed by atoms with Crippen LogP contribution in [-0.4, -0.2) is 23.8 Å². The van der Waals surface area contributed by atoms with Gasteiger partial charge in [0.2, 0.25) is 0 Å². The summed E-state index contributed by atoms with van der Waals surface area (Å²) in [5.41, 5.74) is -0.139. The quantitative estimate of drug-likeness (QED) is 0.420. The highest BCUT2D eigenvalue weighted by molar-refractivity contribution is 5.94. The molecule has 0 aromatic heterocycles. The number of carbonyl (C=O) groups excluding carboxylic acids is 1. The molecule has 1 aliphatic rings. The summed E-state index contributed by atoms with van der Waals surface area (Å²) in [6, 6.07) is 1.95. The topological polar surface area (TPSA) is 59.3 Å². The fourth-order valence-corrected chi connectivity index (χ4v) is 2.26. The summed E-state index contributed by atoms with van der Waals surface area (Å²) in [6.45, 7) is 9.62. The standard InChI is InChI=1S/C13H19NO3/c1-6-16-11(15)9(8-14)10-7-12(2,3)17-13(10,4)5/h6-7H2,1-5H3/b10-9-. The van der Waals surface area contributed by atoms with Crippen LogP contribution >= 0.6 is 0 Å². The Hall–Kier alpha value is -1.34. The average Bonchev–Trinajstić information content (AvgIpc) is 2.36. The fourth-order valence-electron chi connectivity index (χ4n) is 2.26. The van der Waals surface area contributed by atoms with Crippen molar-refractivity contribution < 1.29 is 14.3 Å². The van der Waals surface area contributed by atoms with Crippen LogP contribution in [0.1, 0.15) is 41.0 Å². The minimum Gasteiger partial charge on any atom is -0.462 e. The molecule has 0 N–H and O–H groups in total. The van der Waals surface area contributed by atoms with Gasteiger partial charge in [0.25, 0.3) is 0 Å². The van der Waals surface area contributed by atoms with Crippen molar-refractivity contribution >= 4 is 5.97 Å². The van der Waals surface area contributed by atoms with Crippen molar-refractivity contribution in [2.24, 2.45) is 0 Å². The Kier molecular flexibility index (Phi) is 3.63. The van der Waals surface area contributed by atoms with Crippen LogP contribution in [0.15, 0.2) is 11.1 Å². The Morgan fingerprint density at radius 2 is 2.06 bits per heavy atom. The first-order valence-electron chi connectivity index (χ1n) is 5.74. The Bertz CT molecular complexity index is 399. The van der Waals surface area contributed by atoms with Crippen molar-refractivity contribution in [2.45, 2.75) is 52.2 Å². The van der Waals surface area contributed by atoms with Gasteiger partial charge in [0, 0.05) is 6.42 Å². The van der Waals surface area contributed by atoms with E-state index in [0.717, 1.165) is 5.57 Å². The lowest BCUT2D eigenvalue weighted by atomic mass is 9.90. The van der Waals surface area contributed by atoms with Gasteiger partial charge in [0.15, 0.2) is 0 Å². The molecule has 0 spiro atoms. The second kappa shape index (κ2) is 4.50. The van der Waals surface area contributed by atoms with Crippen LogP contribution in [0.3, 0.4) is 0 Å². The van der Waals surface area contributed by atoms with E-state index in [1.54, 1.807) is 6.92 Å². The van der Waals surface area contributed by atoms with Crippen molar-refractivity contribution in [3.05, 3.63) is 11.1 Å². The number of hydrogen-bond donors (Lipinski definition) is 0. The molecule has 0 atom stereocenters. The SMILES string of the molecule is CCOC(=O)/C(C#N)=C1/CC(C)(C)OC1(C)C. The second-order valence-corrected chi connectivity index (χ2v) is 5.23. The molecule has 1 rings (SSSR count). The van der Waals surface area contributed by atoms with Gasteiger partial charge in [-0.25, -0.2) is 4.79 Å². The van der Waals surface area contributed by atoms with Crippen LogP contribution in [0.5, 0.6) is 0 Å². The molecule has 1 fully saturated rings. The molecule has 0 amide bonds. The van der Waals surface area contributed by atoms with Gasteiger partial charge in [-0.05, 0) is 40.2 Å². The zero-order chi connectivity index (χ0) is 13.3. The Labute approximate surface area is 102 Å². The predicted molar refractivity (Wildman–Crippen MR) is 63.1 cm³/mol. The Morgan fingerprint density at radius 3 is 2.41 bits per heavy atom. The number of nitriles is 1. The van der Waals surface area contributed by atoms with Crippen molar-refractivity contribution in [3.8, 4) is 6.07 Å². The third-order valence-corrected chi connectivity index (χ3v) is 2.75. The first kappa shape index (κ1) is 13.7. The molecule has 0 radical (unpaired) electrons. The normalized spacial score (nSPS) is 24.0. The highest BCUT2D eigenvalue weighted by atomic mass is 16.5. The summed E-state index contributed by atoms with van der Waals surface area (Å²) >= 11 is 0. The number of carbonyl (C=O) groups is 1. The van der Waals surface area contributed by atoms with Gasteiger partial charge >= 0.3 is 5.97 Å². The number of hydrogen-bond acceptors (Lipinski definition) is 4. The minimum absolute atomic E-state index is 0.0856. The summed E-state index contributed by atoms with van der Waals surface area (Å²) in [4.78, 5) is 11.7. The molecular formula is C13H19NO3. The zero-order valence-corrected chi connectivity index (χ0v) is 11.1. The number of ether oxygens (including phenoxy) is 2. The van der Waals surface area contributed by atoms with E-state index in [9.17, 15) is 4.79 Å². The van der Waals surface area contributed by atoms with E-state index in [4.69, 9.17) is 14.7 Å². The monoisotopic (exact) mass is 237 g/mol. The summed E-state index contributed by atoms with van der Waals surface area (Å²) in [6.07, 6.45) is 0.571. The minimum atomic E-state index is -0.596. The maximum absolute atomic E-state index is 11.7. The Balaban J connectivity index is 3.19. The molecule has 0 aliphatic carbocycles. The van der Waals surface area contributed by atoms with E-state index in [1.165, 1.54) is 0 Å². The third-order valence-electron chi connectivity index (χ3n) is 2.75. The maximum Gasteiger partial charge on any atom is 0.348 e. The highest BCUT2D eigenvalue weighted by Gasteiger charge is 2.44. The molecule has 0 aromatic rings. The molecule has 4 heteroatoms. The average molecular weight is 237 g/mol. The molecule has 4 nitrogen and oxygen atoms in total. The largest absolute Gasteiger partial charge is 0.462 e. The van der Waals surface area contributed by atoms with Crippen molar-refractivity contribution in [2.75, 3.05) is 6.61 Å². The fraction of sp³-hybridized carbons (Fsp3) is 0.692. The van der Waals surface area contributed by atoms with E-state index in [1.807, 2.05) is 33.8 Å². The van der Waals surface area contributed by atoms with Crippen LogP contribution in [-0.2, 0) is 14.3 Å². The van der Waals surface area contributed by atoms with Crippen LogP contribution in [0.4, 0.5) is 0 Å². The molecule has 17 heavy (non-hydrogen) atoms. The van der Waals surface area contributed by atoms with Crippen molar-refractivity contribution in [1.82, 2.24) is 0 Å². The lowest BCUT2D eigenvalue weighted by Crippen LogP contribution is -2.27. The maximum atomic E-state index is 11.7. The van der Waals surface area contributed by atoms with Gasteiger partial charge in [-0.3, -0.25) is 0 Å². The van der Waals surface area contributed by atoms with E-state index >= 15 is 0 Å². The molecule has 1 heterocycles. The van der Waals surface area contributed by atoms with Gasteiger partial charge in [0.1, 0.15) is 11.6 Å². The third kappa shape index (κ3) is 2.86. The van der Waals surface area contributed by atoms with Crippen molar-refractivity contribution in [1.29, 1.82) is 5.26 Å². The van der Waals surface area contributed by atoms with Gasteiger partial charge < -0.3 is 9.47 Å². The van der Waals surface area contributed by atoms with E-state index in [0.29, 0.717) is 6.42 Å². The summed E-state index contributed by atoms with van der Waals surface area (Å²) in [7, 11) is 0. The molecule has 0 unspecified atom stereocenters. The zero-order valence-electron chi connectivity index (χ0n) is 11.1. The molecule has 0 saturated carbocycles. The number of esters is 1. The van der Waals surface area contributed by atoms with Gasteiger partial charge in [-0.15, -0.1) is 0 Å². The molecule has 0 bridgehead atoms. The summed E-state index contributed by atoms with van der Waals surface area (Å²) < 4.78 is 10.7. The lowest BCUT2D eigenvalue weighted by molar-refractivity contribution is -0.138. The van der Waals surface area contributed by atoms with Crippen LogP contribution in [0.25, 0.3) is 0 Å². The van der Waals surface area contributed by atoms with Crippen molar-refractivity contribution in [3.63, 3.8) is 0 Å². The summed E-state index contributed by atoms with van der Waals surface area (Å²) in [5.74, 6) is -0.556. The van der Waals surface area contributed by atoms with Crippen LogP contribution < -0.4 is 0 Å². The van der Waals surface area contributed by atoms with E-state index in [-0.39, 0.29) is 17.8 Å². The molecular weight excluding hydrogens is 218 g/mol. The number of rotatable bonds is 2. The Morgan fingerprint density at radius 1 is 1.47 bits per heavy atom.